The number of aromatic nitrogens is 1. The van der Waals surface area contributed by atoms with E-state index < -0.39 is 0 Å². The first-order valence-corrected chi connectivity index (χ1v) is 8.64. The number of thiophene rings is 1. The zero-order valence-electron chi connectivity index (χ0n) is 12.6. The van der Waals surface area contributed by atoms with Crippen molar-refractivity contribution in [2.24, 2.45) is 0 Å². The van der Waals surface area contributed by atoms with E-state index in [1.165, 1.54) is 37.3 Å². The Morgan fingerprint density at radius 1 is 1.24 bits per heavy atom. The maximum Gasteiger partial charge on any atom is 0.0329 e. The highest BCUT2D eigenvalue weighted by atomic mass is 32.1. The van der Waals surface area contributed by atoms with Crippen LogP contribution in [0.2, 0.25) is 0 Å². The summed E-state index contributed by atoms with van der Waals surface area (Å²) in [6.45, 7) is 8.16. The van der Waals surface area contributed by atoms with E-state index in [2.05, 4.69) is 44.6 Å². The monoisotopic (exact) mass is 301 g/mol. The van der Waals surface area contributed by atoms with Crippen molar-refractivity contribution in [3.05, 3.63) is 52.5 Å². The zero-order valence-corrected chi connectivity index (χ0v) is 13.4. The third-order valence-corrected chi connectivity index (χ3v) is 5.12. The van der Waals surface area contributed by atoms with E-state index in [0.717, 1.165) is 13.0 Å². The predicted molar refractivity (Wildman–Crippen MR) is 88.7 cm³/mol. The van der Waals surface area contributed by atoms with Gasteiger partial charge in [0.05, 0.1) is 0 Å². The number of hydrogen-bond donors (Lipinski definition) is 0. The minimum Gasteiger partial charge on any atom is -0.300 e. The molecule has 3 rings (SSSR count). The highest BCUT2D eigenvalue weighted by Gasteiger charge is 2.21. The second kappa shape index (κ2) is 7.16. The lowest BCUT2D eigenvalue weighted by molar-refractivity contribution is 0.103. The molecule has 21 heavy (non-hydrogen) atoms. The molecule has 0 unspecified atom stereocenters. The van der Waals surface area contributed by atoms with Crippen molar-refractivity contribution in [3.63, 3.8) is 0 Å². The molecule has 2 aromatic heterocycles. The van der Waals surface area contributed by atoms with Crippen molar-refractivity contribution in [1.29, 1.82) is 0 Å². The summed E-state index contributed by atoms with van der Waals surface area (Å²) in [6, 6.07) is 7.00. The van der Waals surface area contributed by atoms with Crippen molar-refractivity contribution in [2.45, 2.75) is 19.4 Å². The van der Waals surface area contributed by atoms with Gasteiger partial charge in [0, 0.05) is 51.2 Å². The molecule has 0 aromatic carbocycles. The molecule has 112 valence electrons. The molecule has 1 saturated heterocycles. The summed E-state index contributed by atoms with van der Waals surface area (Å²) in [5, 5.41) is 4.45. The minimum atomic E-state index is 0.553. The van der Waals surface area contributed by atoms with Gasteiger partial charge in [0.15, 0.2) is 0 Å². The molecule has 0 saturated carbocycles. The molecule has 1 aliphatic rings. The third kappa shape index (κ3) is 3.90. The van der Waals surface area contributed by atoms with E-state index in [1.54, 1.807) is 11.3 Å². The molecular weight excluding hydrogens is 278 g/mol. The van der Waals surface area contributed by atoms with Gasteiger partial charge >= 0.3 is 0 Å². The average molecular weight is 301 g/mol. The second-order valence-electron chi connectivity index (χ2n) is 5.72. The highest BCUT2D eigenvalue weighted by molar-refractivity contribution is 7.07. The number of nitrogens with zero attached hydrogens (tertiary/aromatic N) is 3. The molecule has 2 aromatic rings. The lowest BCUT2D eigenvalue weighted by Crippen LogP contribution is -2.47. The normalized spacial score (nSPS) is 18.7. The van der Waals surface area contributed by atoms with Crippen molar-refractivity contribution < 1.29 is 0 Å². The summed E-state index contributed by atoms with van der Waals surface area (Å²) in [4.78, 5) is 9.36. The van der Waals surface area contributed by atoms with Crippen LogP contribution in [-0.2, 0) is 6.42 Å². The van der Waals surface area contributed by atoms with E-state index >= 15 is 0 Å². The van der Waals surface area contributed by atoms with Crippen LogP contribution in [0.3, 0.4) is 0 Å². The van der Waals surface area contributed by atoms with Crippen LogP contribution in [-0.4, -0.2) is 47.5 Å². The molecule has 3 heterocycles. The molecule has 0 bridgehead atoms. The summed E-state index contributed by atoms with van der Waals surface area (Å²) in [5.41, 5.74) is 2.80. The van der Waals surface area contributed by atoms with Crippen molar-refractivity contribution in [2.75, 3.05) is 32.7 Å². The van der Waals surface area contributed by atoms with Crippen LogP contribution in [0.15, 0.2) is 41.4 Å². The Balaban J connectivity index is 1.45. The molecule has 0 amide bonds. The van der Waals surface area contributed by atoms with Crippen LogP contribution in [0, 0.1) is 0 Å². The van der Waals surface area contributed by atoms with Gasteiger partial charge < -0.3 is 4.90 Å². The first kappa shape index (κ1) is 14.7. The van der Waals surface area contributed by atoms with Crippen LogP contribution in [0.4, 0.5) is 0 Å². The van der Waals surface area contributed by atoms with Gasteiger partial charge in [-0.15, -0.1) is 0 Å². The molecule has 1 aliphatic heterocycles. The standard InChI is InChI=1S/C17H23N3S/c1-15(17-5-12-21-14-17)20-10-8-19(9-11-20)7-4-16-3-2-6-18-13-16/h2-3,5-6,12-15H,4,7-11H2,1H3/t15-/m1/s1. The molecule has 1 fully saturated rings. The van der Waals surface area contributed by atoms with Gasteiger partial charge in [0.2, 0.25) is 0 Å². The molecule has 0 aliphatic carbocycles. The average Bonchev–Trinajstić information content (AvgIpc) is 3.08. The fourth-order valence-corrected chi connectivity index (χ4v) is 3.68. The second-order valence-corrected chi connectivity index (χ2v) is 6.50. The minimum absolute atomic E-state index is 0.553. The molecule has 0 spiro atoms. The Hall–Kier alpha value is -1.23. The fourth-order valence-electron chi connectivity index (χ4n) is 2.93. The fraction of sp³-hybridized carbons (Fsp3) is 0.471. The van der Waals surface area contributed by atoms with E-state index in [4.69, 9.17) is 0 Å². The largest absolute Gasteiger partial charge is 0.300 e. The van der Waals surface area contributed by atoms with E-state index in [-0.39, 0.29) is 0 Å². The Morgan fingerprint density at radius 2 is 2.10 bits per heavy atom. The van der Waals surface area contributed by atoms with Crippen LogP contribution in [0.25, 0.3) is 0 Å². The Morgan fingerprint density at radius 3 is 2.76 bits per heavy atom. The number of piperazine rings is 1. The van der Waals surface area contributed by atoms with Crippen molar-refractivity contribution >= 4 is 11.3 Å². The van der Waals surface area contributed by atoms with Gasteiger partial charge in [-0.1, -0.05) is 6.07 Å². The number of pyridine rings is 1. The molecule has 3 nitrogen and oxygen atoms in total. The summed E-state index contributed by atoms with van der Waals surface area (Å²) in [6.07, 6.45) is 4.93. The summed E-state index contributed by atoms with van der Waals surface area (Å²) >= 11 is 1.80. The quantitative estimate of drug-likeness (QED) is 0.846. The lowest BCUT2D eigenvalue weighted by atomic mass is 10.1. The van der Waals surface area contributed by atoms with Crippen molar-refractivity contribution in [3.8, 4) is 0 Å². The van der Waals surface area contributed by atoms with Gasteiger partial charge in [-0.25, -0.2) is 0 Å². The van der Waals surface area contributed by atoms with Gasteiger partial charge in [0.25, 0.3) is 0 Å². The Bertz CT molecular complexity index is 518. The Labute approximate surface area is 131 Å². The zero-order chi connectivity index (χ0) is 14.5. The molecule has 4 heteroatoms. The van der Waals surface area contributed by atoms with E-state index in [0.29, 0.717) is 6.04 Å². The van der Waals surface area contributed by atoms with Crippen LogP contribution in [0.1, 0.15) is 24.1 Å². The molecule has 0 N–H and O–H groups in total. The topological polar surface area (TPSA) is 19.4 Å². The van der Waals surface area contributed by atoms with Crippen LogP contribution < -0.4 is 0 Å². The summed E-state index contributed by atoms with van der Waals surface area (Å²) in [7, 11) is 0. The highest BCUT2D eigenvalue weighted by Crippen LogP contribution is 2.23. The Kier molecular flexibility index (Phi) is 5.01. The van der Waals surface area contributed by atoms with E-state index in [1.807, 2.05) is 18.5 Å². The maximum absolute atomic E-state index is 4.19. The molecule has 0 radical (unpaired) electrons. The third-order valence-electron chi connectivity index (χ3n) is 4.42. The van der Waals surface area contributed by atoms with Gasteiger partial charge in [-0.3, -0.25) is 9.88 Å². The molecular formula is C17H23N3S. The van der Waals surface area contributed by atoms with Gasteiger partial charge in [0.1, 0.15) is 0 Å². The first-order chi connectivity index (χ1) is 10.3. The number of rotatable bonds is 5. The summed E-state index contributed by atoms with van der Waals surface area (Å²) < 4.78 is 0. The smallest absolute Gasteiger partial charge is 0.0329 e. The van der Waals surface area contributed by atoms with E-state index in [9.17, 15) is 0 Å². The first-order valence-electron chi connectivity index (χ1n) is 7.70. The van der Waals surface area contributed by atoms with Crippen LogP contribution in [0.5, 0.6) is 0 Å². The number of hydrogen-bond acceptors (Lipinski definition) is 4. The maximum atomic E-state index is 4.19. The van der Waals surface area contributed by atoms with Gasteiger partial charge in [-0.05, 0) is 47.4 Å². The molecule has 1 atom stereocenters. The van der Waals surface area contributed by atoms with Crippen molar-refractivity contribution in [1.82, 2.24) is 14.8 Å². The predicted octanol–water partition coefficient (Wildman–Crippen LogP) is 3.06. The van der Waals surface area contributed by atoms with Crippen LogP contribution >= 0.6 is 11.3 Å². The SMILES string of the molecule is C[C@H](c1ccsc1)N1CCN(CCc2cccnc2)CC1. The lowest BCUT2D eigenvalue weighted by Gasteiger charge is -2.38. The summed E-state index contributed by atoms with van der Waals surface area (Å²) in [5.74, 6) is 0. The van der Waals surface area contributed by atoms with Gasteiger partial charge in [-0.2, -0.15) is 11.3 Å².